The van der Waals surface area contributed by atoms with Gasteiger partial charge in [-0.15, -0.1) is 0 Å². The molecule has 0 heterocycles. The van der Waals surface area contributed by atoms with Crippen LogP contribution in [0.3, 0.4) is 0 Å². The zero-order valence-electron chi connectivity index (χ0n) is 11.9. The van der Waals surface area contributed by atoms with Crippen molar-refractivity contribution >= 4 is 11.4 Å². The van der Waals surface area contributed by atoms with Gasteiger partial charge in [0.2, 0.25) is 0 Å². The van der Waals surface area contributed by atoms with Crippen molar-refractivity contribution in [1.82, 2.24) is 0 Å². The third-order valence-corrected chi connectivity index (χ3v) is 3.21. The van der Waals surface area contributed by atoms with E-state index >= 15 is 0 Å². The summed E-state index contributed by atoms with van der Waals surface area (Å²) >= 11 is 0. The summed E-state index contributed by atoms with van der Waals surface area (Å²) < 4.78 is 13.9. The fraction of sp³-hybridized carbons (Fsp3) is 0.250. The third-order valence-electron chi connectivity index (χ3n) is 3.21. The first-order valence-electron chi connectivity index (χ1n) is 6.50. The molecule has 2 rings (SSSR count). The van der Waals surface area contributed by atoms with Gasteiger partial charge in [-0.1, -0.05) is 18.2 Å². The summed E-state index contributed by atoms with van der Waals surface area (Å²) in [6.45, 7) is 1.89. The highest BCUT2D eigenvalue weighted by Crippen LogP contribution is 2.29. The van der Waals surface area contributed by atoms with Crippen molar-refractivity contribution in [2.24, 2.45) is 0 Å². The number of rotatable bonds is 4. The summed E-state index contributed by atoms with van der Waals surface area (Å²) in [7, 11) is 3.93. The zero-order chi connectivity index (χ0) is 14.7. The molecule has 2 N–H and O–H groups in total. The Morgan fingerprint density at radius 1 is 1.15 bits per heavy atom. The van der Waals surface area contributed by atoms with E-state index in [1.54, 1.807) is 6.07 Å². The molecule has 1 unspecified atom stereocenters. The Kier molecular flexibility index (Phi) is 4.13. The first kappa shape index (κ1) is 14.2. The molecule has 0 bridgehead atoms. The lowest BCUT2D eigenvalue weighted by molar-refractivity contribution is 0.467. The Morgan fingerprint density at radius 3 is 2.50 bits per heavy atom. The molecule has 0 saturated heterocycles. The van der Waals surface area contributed by atoms with E-state index in [9.17, 15) is 9.50 Å². The average molecular weight is 274 g/mol. The van der Waals surface area contributed by atoms with E-state index in [4.69, 9.17) is 0 Å². The first-order valence-corrected chi connectivity index (χ1v) is 6.50. The molecule has 4 heteroatoms. The van der Waals surface area contributed by atoms with Gasteiger partial charge in [-0.25, -0.2) is 4.39 Å². The van der Waals surface area contributed by atoms with E-state index in [-0.39, 0.29) is 11.8 Å². The van der Waals surface area contributed by atoms with Crippen molar-refractivity contribution in [3.8, 4) is 5.75 Å². The van der Waals surface area contributed by atoms with Gasteiger partial charge in [-0.3, -0.25) is 0 Å². The van der Waals surface area contributed by atoms with Gasteiger partial charge in [0.1, 0.15) is 11.6 Å². The van der Waals surface area contributed by atoms with Gasteiger partial charge in [0.05, 0.1) is 17.4 Å². The van der Waals surface area contributed by atoms with E-state index in [1.165, 1.54) is 6.07 Å². The summed E-state index contributed by atoms with van der Waals surface area (Å²) in [5.74, 6) is -0.473. The average Bonchev–Trinajstić information content (AvgIpc) is 2.38. The SMILES string of the molecule is CC(Nc1ccccc1N(C)C)c1ccc(O)cc1F. The maximum atomic E-state index is 13.9. The summed E-state index contributed by atoms with van der Waals surface area (Å²) in [5.41, 5.74) is 2.51. The van der Waals surface area contributed by atoms with Crippen molar-refractivity contribution in [3.05, 3.63) is 53.8 Å². The quantitative estimate of drug-likeness (QED) is 0.891. The molecule has 1 atom stereocenters. The summed E-state index contributed by atoms with van der Waals surface area (Å²) in [4.78, 5) is 2.00. The minimum atomic E-state index is -0.410. The van der Waals surface area contributed by atoms with Crippen LogP contribution in [0.1, 0.15) is 18.5 Å². The third kappa shape index (κ3) is 3.02. The van der Waals surface area contributed by atoms with Crippen LogP contribution in [0.5, 0.6) is 5.75 Å². The minimum Gasteiger partial charge on any atom is -0.508 e. The van der Waals surface area contributed by atoms with Gasteiger partial charge in [-0.2, -0.15) is 0 Å². The first-order chi connectivity index (χ1) is 9.49. The second-order valence-corrected chi connectivity index (χ2v) is 4.98. The number of benzene rings is 2. The van der Waals surface area contributed by atoms with Crippen molar-refractivity contribution in [2.75, 3.05) is 24.3 Å². The predicted octanol–water partition coefficient (Wildman–Crippen LogP) is 3.77. The summed E-state index contributed by atoms with van der Waals surface area (Å²) in [6, 6.07) is 11.9. The van der Waals surface area contributed by atoms with Crippen molar-refractivity contribution < 1.29 is 9.50 Å². The number of para-hydroxylation sites is 2. The van der Waals surface area contributed by atoms with Gasteiger partial charge < -0.3 is 15.3 Å². The van der Waals surface area contributed by atoms with Gasteiger partial charge >= 0.3 is 0 Å². The van der Waals surface area contributed by atoms with Crippen LogP contribution in [0.25, 0.3) is 0 Å². The molecule has 0 aromatic heterocycles. The lowest BCUT2D eigenvalue weighted by Crippen LogP contribution is -2.14. The standard InChI is InChI=1S/C16H19FN2O/c1-11(13-9-8-12(20)10-14(13)17)18-15-6-4-5-7-16(15)19(2)3/h4-11,18,20H,1-3H3. The van der Waals surface area contributed by atoms with Crippen LogP contribution in [0, 0.1) is 5.82 Å². The van der Waals surface area contributed by atoms with Gasteiger partial charge in [0.25, 0.3) is 0 Å². The van der Waals surface area contributed by atoms with Crippen LogP contribution >= 0.6 is 0 Å². The molecule has 2 aromatic carbocycles. The molecular weight excluding hydrogens is 255 g/mol. The lowest BCUT2D eigenvalue weighted by Gasteiger charge is -2.22. The number of hydrogen-bond donors (Lipinski definition) is 2. The van der Waals surface area contributed by atoms with E-state index < -0.39 is 5.82 Å². The molecule has 0 aliphatic heterocycles. The molecular formula is C16H19FN2O. The van der Waals surface area contributed by atoms with Crippen LogP contribution in [0.15, 0.2) is 42.5 Å². The maximum Gasteiger partial charge on any atom is 0.132 e. The molecule has 20 heavy (non-hydrogen) atoms. The summed E-state index contributed by atoms with van der Waals surface area (Å²) in [5, 5.41) is 12.6. The topological polar surface area (TPSA) is 35.5 Å². The van der Waals surface area contributed by atoms with Gasteiger partial charge in [0.15, 0.2) is 0 Å². The van der Waals surface area contributed by atoms with Crippen molar-refractivity contribution in [1.29, 1.82) is 0 Å². The number of phenols is 1. The molecule has 0 aliphatic carbocycles. The minimum absolute atomic E-state index is 0.0628. The largest absolute Gasteiger partial charge is 0.508 e. The zero-order valence-corrected chi connectivity index (χ0v) is 11.9. The fourth-order valence-electron chi connectivity index (χ4n) is 2.16. The van der Waals surface area contributed by atoms with Gasteiger partial charge in [0, 0.05) is 25.7 Å². The molecule has 3 nitrogen and oxygen atoms in total. The molecule has 0 saturated carbocycles. The molecule has 0 aliphatic rings. The number of phenolic OH excluding ortho intramolecular Hbond substituents is 1. The van der Waals surface area contributed by atoms with E-state index in [1.807, 2.05) is 50.2 Å². The molecule has 0 amide bonds. The maximum absolute atomic E-state index is 13.9. The number of nitrogens with zero attached hydrogens (tertiary/aromatic N) is 1. The van der Waals surface area contributed by atoms with E-state index in [0.717, 1.165) is 17.4 Å². The Morgan fingerprint density at radius 2 is 1.85 bits per heavy atom. The monoisotopic (exact) mass is 274 g/mol. The molecule has 0 fully saturated rings. The number of nitrogens with one attached hydrogen (secondary N) is 1. The molecule has 0 spiro atoms. The summed E-state index contributed by atoms with van der Waals surface area (Å²) in [6.07, 6.45) is 0. The highest BCUT2D eigenvalue weighted by atomic mass is 19.1. The highest BCUT2D eigenvalue weighted by molar-refractivity contribution is 5.69. The Bertz CT molecular complexity index is 599. The van der Waals surface area contributed by atoms with E-state index in [0.29, 0.717) is 5.56 Å². The highest BCUT2D eigenvalue weighted by Gasteiger charge is 2.13. The predicted molar refractivity (Wildman–Crippen MR) is 80.9 cm³/mol. The number of anilines is 2. The molecule has 2 aromatic rings. The Labute approximate surface area is 118 Å². The van der Waals surface area contributed by atoms with Gasteiger partial charge in [-0.05, 0) is 25.1 Å². The number of hydrogen-bond acceptors (Lipinski definition) is 3. The van der Waals surface area contributed by atoms with Crippen LogP contribution in [0.4, 0.5) is 15.8 Å². The fourth-order valence-corrected chi connectivity index (χ4v) is 2.16. The normalized spacial score (nSPS) is 12.0. The number of halogens is 1. The van der Waals surface area contributed by atoms with Crippen LogP contribution in [-0.2, 0) is 0 Å². The van der Waals surface area contributed by atoms with Crippen LogP contribution in [-0.4, -0.2) is 19.2 Å². The van der Waals surface area contributed by atoms with Crippen molar-refractivity contribution in [2.45, 2.75) is 13.0 Å². The number of aromatic hydroxyl groups is 1. The second-order valence-electron chi connectivity index (χ2n) is 4.98. The Balaban J connectivity index is 2.26. The van der Waals surface area contributed by atoms with Crippen molar-refractivity contribution in [3.63, 3.8) is 0 Å². The lowest BCUT2D eigenvalue weighted by atomic mass is 10.1. The van der Waals surface area contributed by atoms with Crippen LogP contribution < -0.4 is 10.2 Å². The Hall–Kier alpha value is -2.23. The molecule has 0 radical (unpaired) electrons. The van der Waals surface area contributed by atoms with E-state index in [2.05, 4.69) is 5.32 Å². The molecule has 106 valence electrons. The second kappa shape index (κ2) is 5.82. The van der Waals surface area contributed by atoms with Crippen LogP contribution in [0.2, 0.25) is 0 Å². The smallest absolute Gasteiger partial charge is 0.132 e.